The first-order valence-electron chi connectivity index (χ1n) is 5.84. The molecule has 3 nitrogen and oxygen atoms in total. The summed E-state index contributed by atoms with van der Waals surface area (Å²) in [5.74, 6) is 0. The molecule has 1 aromatic rings. The Kier molecular flexibility index (Phi) is 4.90. The van der Waals surface area contributed by atoms with Gasteiger partial charge in [-0.05, 0) is 51.9 Å². The van der Waals surface area contributed by atoms with Gasteiger partial charge in [0.2, 0.25) is 0 Å². The normalized spacial score (nSPS) is 12.1. The average molecular weight is 221 g/mol. The van der Waals surface area contributed by atoms with Gasteiger partial charge in [0.05, 0.1) is 0 Å². The molecule has 0 saturated carbocycles. The van der Waals surface area contributed by atoms with Crippen molar-refractivity contribution in [3.8, 4) is 0 Å². The average Bonchev–Trinajstić information content (AvgIpc) is 2.24. The second kappa shape index (κ2) is 5.97. The zero-order valence-corrected chi connectivity index (χ0v) is 10.6. The molecule has 0 aliphatic carbocycles. The molecule has 1 heterocycles. The molecular weight excluding hydrogens is 198 g/mol. The predicted octanol–water partition coefficient (Wildman–Crippen LogP) is 1.68. The summed E-state index contributed by atoms with van der Waals surface area (Å²) in [5, 5.41) is 0. The van der Waals surface area contributed by atoms with Crippen LogP contribution in [0.3, 0.4) is 0 Å². The third-order valence-corrected chi connectivity index (χ3v) is 2.64. The monoisotopic (exact) mass is 221 g/mol. The van der Waals surface area contributed by atoms with E-state index in [9.17, 15) is 0 Å². The molecule has 0 aromatic carbocycles. The lowest BCUT2D eigenvalue weighted by atomic mass is 10.0. The molecule has 90 valence electrons. The van der Waals surface area contributed by atoms with Crippen LogP contribution in [0.15, 0.2) is 24.5 Å². The van der Waals surface area contributed by atoms with Gasteiger partial charge in [-0.15, -0.1) is 0 Å². The van der Waals surface area contributed by atoms with Crippen molar-refractivity contribution in [2.45, 2.75) is 32.2 Å². The minimum atomic E-state index is -0.0669. The first kappa shape index (κ1) is 13.1. The zero-order chi connectivity index (χ0) is 12.0. The van der Waals surface area contributed by atoms with E-state index < -0.39 is 0 Å². The summed E-state index contributed by atoms with van der Waals surface area (Å²) in [5.41, 5.74) is 7.18. The highest BCUT2D eigenvalue weighted by atomic mass is 15.1. The van der Waals surface area contributed by atoms with Crippen LogP contribution < -0.4 is 5.73 Å². The summed E-state index contributed by atoms with van der Waals surface area (Å²) >= 11 is 0. The first-order valence-corrected chi connectivity index (χ1v) is 5.84. The number of pyridine rings is 1. The van der Waals surface area contributed by atoms with Gasteiger partial charge in [-0.1, -0.05) is 6.07 Å². The Morgan fingerprint density at radius 3 is 2.69 bits per heavy atom. The highest BCUT2D eigenvalue weighted by Gasteiger charge is 2.11. The maximum atomic E-state index is 5.95. The van der Waals surface area contributed by atoms with Gasteiger partial charge in [-0.25, -0.2) is 0 Å². The van der Waals surface area contributed by atoms with Gasteiger partial charge in [0.1, 0.15) is 0 Å². The largest absolute Gasteiger partial charge is 0.326 e. The number of nitrogens with two attached hydrogens (primary N) is 1. The Hall–Kier alpha value is -0.930. The molecule has 0 radical (unpaired) electrons. The topological polar surface area (TPSA) is 42.2 Å². The number of aromatic nitrogens is 1. The second-order valence-electron chi connectivity index (χ2n) is 5.15. The maximum Gasteiger partial charge on any atom is 0.0300 e. The van der Waals surface area contributed by atoms with E-state index in [-0.39, 0.29) is 5.54 Å². The van der Waals surface area contributed by atoms with Crippen LogP contribution in [-0.2, 0) is 6.42 Å². The molecule has 0 fully saturated rings. The summed E-state index contributed by atoms with van der Waals surface area (Å²) in [4.78, 5) is 6.43. The van der Waals surface area contributed by atoms with Gasteiger partial charge < -0.3 is 10.6 Å². The molecule has 0 bridgehead atoms. The van der Waals surface area contributed by atoms with Crippen molar-refractivity contribution < 1.29 is 0 Å². The maximum absolute atomic E-state index is 5.95. The van der Waals surface area contributed by atoms with Crippen LogP contribution in [0.5, 0.6) is 0 Å². The lowest BCUT2D eigenvalue weighted by molar-refractivity contribution is 0.298. The fraction of sp³-hybridized carbons (Fsp3) is 0.615. The molecule has 0 unspecified atom stereocenters. The number of hydrogen-bond acceptors (Lipinski definition) is 3. The van der Waals surface area contributed by atoms with Gasteiger partial charge in [-0.2, -0.15) is 0 Å². The predicted molar refractivity (Wildman–Crippen MR) is 68.3 cm³/mol. The van der Waals surface area contributed by atoms with Gasteiger partial charge in [-0.3, -0.25) is 4.98 Å². The molecule has 0 amide bonds. The Morgan fingerprint density at radius 1 is 1.38 bits per heavy atom. The number of likely N-dealkylation sites (N-methyl/N-ethyl adjacent to an activating group) is 1. The molecular formula is C13H23N3. The van der Waals surface area contributed by atoms with Crippen LogP contribution in [0, 0.1) is 0 Å². The Labute approximate surface area is 98.7 Å². The Morgan fingerprint density at radius 2 is 2.12 bits per heavy atom. The smallest absolute Gasteiger partial charge is 0.0300 e. The molecule has 2 N–H and O–H groups in total. The molecule has 3 heteroatoms. The van der Waals surface area contributed by atoms with Crippen molar-refractivity contribution >= 4 is 0 Å². The molecule has 0 aliphatic heterocycles. The van der Waals surface area contributed by atoms with E-state index >= 15 is 0 Å². The van der Waals surface area contributed by atoms with Crippen LogP contribution >= 0.6 is 0 Å². The molecule has 0 saturated heterocycles. The third-order valence-electron chi connectivity index (χ3n) is 2.64. The van der Waals surface area contributed by atoms with E-state index in [4.69, 9.17) is 5.73 Å². The number of nitrogens with zero attached hydrogens (tertiary/aromatic N) is 2. The van der Waals surface area contributed by atoms with Gasteiger partial charge in [0, 0.05) is 24.5 Å². The summed E-state index contributed by atoms with van der Waals surface area (Å²) < 4.78 is 0. The van der Waals surface area contributed by atoms with E-state index in [1.807, 2.05) is 18.5 Å². The fourth-order valence-corrected chi connectivity index (χ4v) is 1.46. The summed E-state index contributed by atoms with van der Waals surface area (Å²) in [7, 11) is 2.14. The van der Waals surface area contributed by atoms with Crippen LogP contribution in [0.4, 0.5) is 0 Å². The molecule has 0 atom stereocenters. The minimum Gasteiger partial charge on any atom is -0.326 e. The molecule has 0 aliphatic rings. The van der Waals surface area contributed by atoms with Crippen molar-refractivity contribution in [1.29, 1.82) is 0 Å². The third kappa shape index (κ3) is 5.83. The molecule has 0 spiro atoms. The van der Waals surface area contributed by atoms with Crippen molar-refractivity contribution in [3.63, 3.8) is 0 Å². The number of rotatable bonds is 6. The summed E-state index contributed by atoms with van der Waals surface area (Å²) in [6.07, 6.45) is 5.82. The SMILES string of the molecule is CN(CCc1cccnc1)CCC(C)(C)N. The molecule has 1 aromatic heterocycles. The van der Waals surface area contributed by atoms with Gasteiger partial charge in [0.25, 0.3) is 0 Å². The second-order valence-corrected chi connectivity index (χ2v) is 5.15. The van der Waals surface area contributed by atoms with E-state index in [2.05, 4.69) is 36.8 Å². The first-order chi connectivity index (χ1) is 7.47. The Balaban J connectivity index is 2.23. The van der Waals surface area contributed by atoms with E-state index in [1.54, 1.807) is 0 Å². The highest BCUT2D eigenvalue weighted by Crippen LogP contribution is 2.05. The number of hydrogen-bond donors (Lipinski definition) is 1. The van der Waals surface area contributed by atoms with Crippen LogP contribution in [0.25, 0.3) is 0 Å². The quantitative estimate of drug-likeness (QED) is 0.794. The van der Waals surface area contributed by atoms with E-state index in [1.165, 1.54) is 5.56 Å². The van der Waals surface area contributed by atoms with E-state index in [0.29, 0.717) is 0 Å². The zero-order valence-electron chi connectivity index (χ0n) is 10.6. The van der Waals surface area contributed by atoms with Gasteiger partial charge in [0.15, 0.2) is 0 Å². The van der Waals surface area contributed by atoms with Crippen LogP contribution in [0.2, 0.25) is 0 Å². The summed E-state index contributed by atoms with van der Waals surface area (Å²) in [6, 6.07) is 4.10. The lowest BCUT2D eigenvalue weighted by Crippen LogP contribution is -2.36. The van der Waals surface area contributed by atoms with Crippen molar-refractivity contribution in [3.05, 3.63) is 30.1 Å². The minimum absolute atomic E-state index is 0.0669. The molecule has 16 heavy (non-hydrogen) atoms. The summed E-state index contributed by atoms with van der Waals surface area (Å²) in [6.45, 7) is 6.25. The van der Waals surface area contributed by atoms with Crippen LogP contribution in [0.1, 0.15) is 25.8 Å². The lowest BCUT2D eigenvalue weighted by Gasteiger charge is -2.23. The highest BCUT2D eigenvalue weighted by molar-refractivity contribution is 5.08. The molecule has 1 rings (SSSR count). The van der Waals surface area contributed by atoms with Crippen molar-refractivity contribution in [2.24, 2.45) is 5.73 Å². The van der Waals surface area contributed by atoms with Gasteiger partial charge >= 0.3 is 0 Å². The van der Waals surface area contributed by atoms with Crippen molar-refractivity contribution in [1.82, 2.24) is 9.88 Å². The van der Waals surface area contributed by atoms with E-state index in [0.717, 1.165) is 25.9 Å². The van der Waals surface area contributed by atoms with Crippen molar-refractivity contribution in [2.75, 3.05) is 20.1 Å². The van der Waals surface area contributed by atoms with Crippen LogP contribution in [-0.4, -0.2) is 35.6 Å². The standard InChI is InChI=1S/C13H23N3/c1-13(2,14)7-10-16(3)9-6-12-5-4-8-15-11-12/h4-5,8,11H,6-7,9-10,14H2,1-3H3. The Bertz CT molecular complexity index is 290. The fourth-order valence-electron chi connectivity index (χ4n) is 1.46.